The zero-order chi connectivity index (χ0) is 36.1. The Balaban J connectivity index is 1.21. The first kappa shape index (κ1) is 36.6. The van der Waals surface area contributed by atoms with Gasteiger partial charge in [0, 0.05) is 54.0 Å². The van der Waals surface area contributed by atoms with Crippen molar-refractivity contribution in [2.75, 3.05) is 25.5 Å². The maximum Gasteiger partial charge on any atom is 0.320 e. The van der Waals surface area contributed by atoms with Crippen molar-refractivity contribution < 1.29 is 19.4 Å². The molecule has 0 saturated carbocycles. The molecule has 5 N–H and O–H groups in total. The standard InChI is InChI=1S/C37H39Cl2N7O4S/c1-21(47)11-13-23(40)19-41-18-22-12-14-27(44-36(22)50-2)26-8-3-6-24(32(26)38)25-7-4-9-28(33(25)39)43-35-34-30(15-16-42-35)51-31(45-34)20-46-17-5-10-29(46)37(48)49/h3-4,6-9,12,14-16,23,29,41H,5,10-11,13,17-20,40H2,1-2H3,(H,42,43)(H,48,49). The van der Waals surface area contributed by atoms with Crippen molar-refractivity contribution in [2.24, 2.45) is 5.73 Å². The number of anilines is 2. The lowest BCUT2D eigenvalue weighted by Crippen LogP contribution is -2.35. The monoisotopic (exact) mass is 747 g/mol. The summed E-state index contributed by atoms with van der Waals surface area (Å²) in [7, 11) is 1.58. The van der Waals surface area contributed by atoms with E-state index in [0.717, 1.165) is 44.9 Å². The second-order valence-corrected chi connectivity index (χ2v) is 14.4. The normalized spacial score (nSPS) is 15.3. The number of rotatable bonds is 15. The number of ketones is 1. The summed E-state index contributed by atoms with van der Waals surface area (Å²) in [5.41, 5.74) is 11.2. The number of halogens is 2. The van der Waals surface area contributed by atoms with Crippen LogP contribution in [-0.2, 0) is 22.7 Å². The molecule has 11 nitrogen and oxygen atoms in total. The topological polar surface area (TPSA) is 156 Å². The number of hydrogen-bond donors (Lipinski definition) is 4. The number of pyridine rings is 2. The molecular formula is C37H39Cl2N7O4S. The van der Waals surface area contributed by atoms with Gasteiger partial charge in [-0.05, 0) is 50.9 Å². The molecule has 0 bridgehead atoms. The number of carboxylic acid groups (broad SMARTS) is 1. The van der Waals surface area contributed by atoms with Crippen molar-refractivity contribution in [3.8, 4) is 28.3 Å². The number of thiazole rings is 1. The van der Waals surface area contributed by atoms with Crippen LogP contribution in [-0.4, -0.2) is 69.0 Å². The first-order valence-corrected chi connectivity index (χ1v) is 18.3. The second-order valence-electron chi connectivity index (χ2n) is 12.5. The van der Waals surface area contributed by atoms with Crippen molar-refractivity contribution >= 4 is 68.0 Å². The minimum Gasteiger partial charge on any atom is -0.481 e. The van der Waals surface area contributed by atoms with Gasteiger partial charge in [0.05, 0.1) is 39.8 Å². The molecule has 0 amide bonds. The average molecular weight is 749 g/mol. The molecular weight excluding hydrogens is 709 g/mol. The number of benzene rings is 2. The third kappa shape index (κ3) is 8.49. The van der Waals surface area contributed by atoms with E-state index in [1.54, 1.807) is 20.2 Å². The summed E-state index contributed by atoms with van der Waals surface area (Å²) in [6.45, 7) is 3.83. The van der Waals surface area contributed by atoms with Crippen LogP contribution in [0, 0.1) is 0 Å². The fourth-order valence-corrected chi connectivity index (χ4v) is 7.83. The first-order valence-electron chi connectivity index (χ1n) is 16.7. The summed E-state index contributed by atoms with van der Waals surface area (Å²) in [6, 6.07) is 16.5. The molecule has 0 aliphatic carbocycles. The Morgan fingerprint density at radius 1 is 1.08 bits per heavy atom. The molecule has 4 heterocycles. The van der Waals surface area contributed by atoms with E-state index in [0.29, 0.717) is 77.5 Å². The van der Waals surface area contributed by atoms with Crippen LogP contribution in [0.5, 0.6) is 5.88 Å². The number of methoxy groups -OCH3 is 1. The fourth-order valence-electron chi connectivity index (χ4n) is 6.24. The molecule has 51 heavy (non-hydrogen) atoms. The molecule has 0 radical (unpaired) electrons. The number of nitrogens with two attached hydrogens (primary N) is 1. The van der Waals surface area contributed by atoms with Crippen LogP contribution in [0.2, 0.25) is 10.0 Å². The fraction of sp³-hybridized carbons (Fsp3) is 0.324. The van der Waals surface area contributed by atoms with Gasteiger partial charge in [0.1, 0.15) is 22.3 Å². The van der Waals surface area contributed by atoms with Crippen LogP contribution < -0.4 is 21.1 Å². The highest BCUT2D eigenvalue weighted by molar-refractivity contribution is 7.18. The van der Waals surface area contributed by atoms with Crippen LogP contribution in [0.4, 0.5) is 11.5 Å². The van der Waals surface area contributed by atoms with Gasteiger partial charge in [-0.15, -0.1) is 11.3 Å². The van der Waals surface area contributed by atoms with Crippen molar-refractivity contribution in [3.05, 3.63) is 81.4 Å². The lowest BCUT2D eigenvalue weighted by Gasteiger charge is -2.19. The summed E-state index contributed by atoms with van der Waals surface area (Å²) in [5.74, 6) is 0.354. The van der Waals surface area contributed by atoms with Crippen molar-refractivity contribution in [3.63, 3.8) is 0 Å². The number of fused-ring (bicyclic) bond motifs is 1. The number of ether oxygens (including phenoxy) is 1. The summed E-state index contributed by atoms with van der Waals surface area (Å²) in [5, 5.41) is 18.1. The van der Waals surface area contributed by atoms with Gasteiger partial charge in [0.15, 0.2) is 5.82 Å². The molecule has 2 aromatic carbocycles. The SMILES string of the molecule is COc1nc(-c2cccc(-c3cccc(Nc4nccc5sc(CN6CCCC6C(=O)O)nc45)c3Cl)c2Cl)ccc1CNCC(N)CCC(C)=O. The summed E-state index contributed by atoms with van der Waals surface area (Å²) >= 11 is 15.7. The van der Waals surface area contributed by atoms with Gasteiger partial charge in [0.2, 0.25) is 5.88 Å². The second kappa shape index (κ2) is 16.4. The molecule has 1 aliphatic heterocycles. The van der Waals surface area contributed by atoms with E-state index in [2.05, 4.69) is 15.6 Å². The highest BCUT2D eigenvalue weighted by Gasteiger charge is 2.31. The minimum atomic E-state index is -0.796. The molecule has 1 fully saturated rings. The molecule has 2 unspecified atom stereocenters. The van der Waals surface area contributed by atoms with Crippen molar-refractivity contribution in [2.45, 2.75) is 57.8 Å². The number of nitrogens with one attached hydrogen (secondary N) is 2. The van der Waals surface area contributed by atoms with Gasteiger partial charge >= 0.3 is 5.97 Å². The quantitative estimate of drug-likeness (QED) is 0.0852. The highest BCUT2D eigenvalue weighted by atomic mass is 35.5. The number of carbonyl (C=O) groups is 2. The highest BCUT2D eigenvalue weighted by Crippen LogP contribution is 2.42. The lowest BCUT2D eigenvalue weighted by atomic mass is 10.00. The van der Waals surface area contributed by atoms with Crippen molar-refractivity contribution in [1.29, 1.82) is 0 Å². The number of carboxylic acids is 1. The maximum absolute atomic E-state index is 11.7. The third-order valence-electron chi connectivity index (χ3n) is 8.88. The van der Waals surface area contributed by atoms with E-state index in [1.165, 1.54) is 11.3 Å². The van der Waals surface area contributed by atoms with E-state index in [4.69, 9.17) is 43.6 Å². The Hall–Kier alpha value is -4.17. The zero-order valence-electron chi connectivity index (χ0n) is 28.3. The number of Topliss-reactive ketones (excluding diaryl/α,β-unsaturated/α-hetero) is 1. The van der Waals surface area contributed by atoms with Crippen LogP contribution in [0.15, 0.2) is 60.8 Å². The Bertz CT molecular complexity index is 2060. The number of aliphatic carboxylic acids is 1. The molecule has 6 rings (SSSR count). The largest absolute Gasteiger partial charge is 0.481 e. The van der Waals surface area contributed by atoms with Crippen LogP contribution >= 0.6 is 34.5 Å². The van der Waals surface area contributed by atoms with E-state index in [1.807, 2.05) is 59.5 Å². The van der Waals surface area contributed by atoms with Gasteiger partial charge in [0.25, 0.3) is 0 Å². The molecule has 5 aromatic rings. The number of hydrogen-bond acceptors (Lipinski definition) is 11. The Morgan fingerprint density at radius 3 is 2.61 bits per heavy atom. The van der Waals surface area contributed by atoms with Gasteiger partial charge in [-0.3, -0.25) is 9.69 Å². The maximum atomic E-state index is 11.7. The van der Waals surface area contributed by atoms with Crippen LogP contribution in [0.25, 0.3) is 32.6 Å². The Kier molecular flexibility index (Phi) is 11.8. The number of aromatic nitrogens is 3. The molecule has 14 heteroatoms. The van der Waals surface area contributed by atoms with E-state index in [-0.39, 0.29) is 11.8 Å². The van der Waals surface area contributed by atoms with E-state index < -0.39 is 12.0 Å². The summed E-state index contributed by atoms with van der Waals surface area (Å²) in [6.07, 6.45) is 4.31. The average Bonchev–Trinajstić information content (AvgIpc) is 3.76. The van der Waals surface area contributed by atoms with Crippen LogP contribution in [0.1, 0.15) is 43.2 Å². The van der Waals surface area contributed by atoms with Gasteiger partial charge in [-0.2, -0.15) is 0 Å². The third-order valence-corrected chi connectivity index (χ3v) is 10.7. The van der Waals surface area contributed by atoms with Crippen LogP contribution in [0.3, 0.4) is 0 Å². The van der Waals surface area contributed by atoms with Crippen molar-refractivity contribution in [1.82, 2.24) is 25.2 Å². The molecule has 0 spiro atoms. The Labute approximate surface area is 310 Å². The predicted molar refractivity (Wildman–Crippen MR) is 203 cm³/mol. The Morgan fingerprint density at radius 2 is 1.84 bits per heavy atom. The zero-order valence-corrected chi connectivity index (χ0v) is 30.6. The number of carbonyl (C=O) groups excluding carboxylic acids is 1. The predicted octanol–water partition coefficient (Wildman–Crippen LogP) is 7.31. The smallest absolute Gasteiger partial charge is 0.320 e. The molecule has 2 atom stereocenters. The lowest BCUT2D eigenvalue weighted by molar-refractivity contribution is -0.142. The van der Waals surface area contributed by atoms with Gasteiger partial charge in [-0.1, -0.05) is 59.6 Å². The minimum absolute atomic E-state index is 0.126. The molecule has 3 aromatic heterocycles. The number of likely N-dealkylation sites (tertiary alicyclic amines) is 1. The number of nitrogens with zero attached hydrogens (tertiary/aromatic N) is 4. The molecule has 266 valence electrons. The van der Waals surface area contributed by atoms with Gasteiger partial charge in [-0.25, -0.2) is 15.0 Å². The van der Waals surface area contributed by atoms with E-state index in [9.17, 15) is 14.7 Å². The van der Waals surface area contributed by atoms with E-state index >= 15 is 0 Å². The molecule has 1 saturated heterocycles. The first-order chi connectivity index (χ1) is 24.6. The summed E-state index contributed by atoms with van der Waals surface area (Å²) < 4.78 is 6.57. The molecule has 1 aliphatic rings. The summed E-state index contributed by atoms with van der Waals surface area (Å²) in [4.78, 5) is 39.1. The van der Waals surface area contributed by atoms with Gasteiger partial charge < -0.3 is 31.0 Å².